The molecule has 5 rings (SSSR count). The molecular weight excluding hydrogens is 414 g/mol. The average molecular weight is 438 g/mol. The van der Waals surface area contributed by atoms with Gasteiger partial charge in [0.25, 0.3) is 0 Å². The number of pyridine rings is 1. The number of rotatable bonds is 6. The number of benzene rings is 2. The van der Waals surface area contributed by atoms with Crippen LogP contribution in [0.3, 0.4) is 0 Å². The Morgan fingerprint density at radius 1 is 1.06 bits per heavy atom. The topological polar surface area (TPSA) is 100 Å². The lowest BCUT2D eigenvalue weighted by Crippen LogP contribution is -2.44. The zero-order valence-electron chi connectivity index (χ0n) is 16.9. The normalized spacial score (nSPS) is 16.3. The molecule has 3 heterocycles. The number of aromatic amines is 1. The van der Waals surface area contributed by atoms with Crippen molar-refractivity contribution < 1.29 is 13.3 Å². The molecule has 31 heavy (non-hydrogen) atoms. The highest BCUT2D eigenvalue weighted by Crippen LogP contribution is 2.26. The second-order valence-corrected chi connectivity index (χ2v) is 9.52. The fourth-order valence-corrected chi connectivity index (χ4v) is 5.57. The molecule has 0 spiro atoms. The first-order chi connectivity index (χ1) is 15.1. The van der Waals surface area contributed by atoms with Crippen LogP contribution in [0.15, 0.2) is 65.7 Å². The van der Waals surface area contributed by atoms with Gasteiger partial charge >= 0.3 is 0 Å². The lowest BCUT2D eigenvalue weighted by molar-refractivity contribution is -0.00959. The summed E-state index contributed by atoms with van der Waals surface area (Å²) in [6, 6.07) is 16.9. The number of hydrogen-bond donors (Lipinski definition) is 2. The van der Waals surface area contributed by atoms with E-state index in [9.17, 15) is 8.42 Å². The number of para-hydroxylation sites is 3. The van der Waals surface area contributed by atoms with Gasteiger partial charge in [0.05, 0.1) is 16.6 Å². The van der Waals surface area contributed by atoms with Gasteiger partial charge in [0.2, 0.25) is 10.0 Å². The second kappa shape index (κ2) is 8.35. The van der Waals surface area contributed by atoms with Crippen LogP contribution in [0.25, 0.3) is 21.9 Å². The van der Waals surface area contributed by atoms with E-state index in [0.29, 0.717) is 38.1 Å². The van der Waals surface area contributed by atoms with Gasteiger partial charge in [-0.15, -0.1) is 0 Å². The van der Waals surface area contributed by atoms with E-state index in [2.05, 4.69) is 20.4 Å². The van der Waals surface area contributed by atoms with Gasteiger partial charge in [-0.05, 0) is 37.1 Å². The van der Waals surface area contributed by atoms with Gasteiger partial charge in [-0.1, -0.05) is 30.3 Å². The van der Waals surface area contributed by atoms with Crippen molar-refractivity contribution in [1.82, 2.24) is 24.7 Å². The summed E-state index contributed by atoms with van der Waals surface area (Å²) in [5, 5.41) is 0.819. The third kappa shape index (κ3) is 4.05. The lowest BCUT2D eigenvalue weighted by atomic mass is 10.1. The number of imidazole rings is 1. The number of piperidine rings is 1. The first kappa shape index (κ1) is 20.1. The minimum Gasteiger partial charge on any atom is -0.340 e. The first-order valence-electron chi connectivity index (χ1n) is 10.3. The highest BCUT2D eigenvalue weighted by Gasteiger charge is 2.31. The number of nitrogens with zero attached hydrogens (tertiary/aromatic N) is 3. The van der Waals surface area contributed by atoms with Crippen molar-refractivity contribution >= 4 is 32.0 Å². The fourth-order valence-electron chi connectivity index (χ4n) is 3.94. The summed E-state index contributed by atoms with van der Waals surface area (Å²) >= 11 is 0. The van der Waals surface area contributed by atoms with E-state index in [1.54, 1.807) is 24.4 Å². The Labute approximate surface area is 180 Å². The predicted molar refractivity (Wildman–Crippen MR) is 118 cm³/mol. The quantitative estimate of drug-likeness (QED) is 0.450. The highest BCUT2D eigenvalue weighted by molar-refractivity contribution is 7.89. The number of hydrogen-bond acceptors (Lipinski definition) is 6. The molecule has 2 N–H and O–H groups in total. The van der Waals surface area contributed by atoms with Crippen molar-refractivity contribution in [2.24, 2.45) is 0 Å². The van der Waals surface area contributed by atoms with E-state index < -0.39 is 10.0 Å². The molecule has 0 unspecified atom stereocenters. The van der Waals surface area contributed by atoms with Crippen molar-refractivity contribution in [2.75, 3.05) is 13.1 Å². The van der Waals surface area contributed by atoms with Crippen LogP contribution in [0, 0.1) is 0 Å². The van der Waals surface area contributed by atoms with Crippen LogP contribution in [-0.2, 0) is 21.5 Å². The van der Waals surface area contributed by atoms with Gasteiger partial charge in [-0.25, -0.2) is 13.4 Å². The molecule has 0 aliphatic carbocycles. The largest absolute Gasteiger partial charge is 0.340 e. The minimum absolute atomic E-state index is 0.0847. The Morgan fingerprint density at radius 3 is 2.71 bits per heavy atom. The average Bonchev–Trinajstić information content (AvgIpc) is 3.22. The van der Waals surface area contributed by atoms with E-state index in [1.807, 2.05) is 36.4 Å². The molecule has 0 saturated carbocycles. The highest BCUT2D eigenvalue weighted by atomic mass is 32.2. The molecule has 8 nitrogen and oxygen atoms in total. The van der Waals surface area contributed by atoms with Crippen LogP contribution in [0.2, 0.25) is 0 Å². The molecule has 0 radical (unpaired) electrons. The van der Waals surface area contributed by atoms with E-state index in [1.165, 1.54) is 4.31 Å². The SMILES string of the molecule is O=S(=O)(c1cccc2cccnc12)N1CCC(NOCc2nc3ccccc3[nH]2)CC1. The van der Waals surface area contributed by atoms with Crippen molar-refractivity contribution in [2.45, 2.75) is 30.4 Å². The third-order valence-electron chi connectivity index (χ3n) is 5.56. The lowest BCUT2D eigenvalue weighted by Gasteiger charge is -2.31. The van der Waals surface area contributed by atoms with Crippen LogP contribution in [0.4, 0.5) is 0 Å². The van der Waals surface area contributed by atoms with Gasteiger partial charge in [0.1, 0.15) is 17.3 Å². The summed E-state index contributed by atoms with van der Waals surface area (Å²) in [5.74, 6) is 0.747. The van der Waals surface area contributed by atoms with Crippen LogP contribution in [-0.4, -0.2) is 46.8 Å². The Bertz CT molecular complexity index is 1270. The Kier molecular flexibility index (Phi) is 5.41. The molecule has 0 amide bonds. The molecule has 2 aromatic carbocycles. The number of H-pyrrole nitrogens is 1. The van der Waals surface area contributed by atoms with Gasteiger partial charge < -0.3 is 4.98 Å². The second-order valence-electron chi connectivity index (χ2n) is 7.62. The van der Waals surface area contributed by atoms with E-state index in [0.717, 1.165) is 22.2 Å². The van der Waals surface area contributed by atoms with Gasteiger partial charge in [0.15, 0.2) is 0 Å². The fraction of sp³-hybridized carbons (Fsp3) is 0.273. The van der Waals surface area contributed by atoms with Crippen molar-refractivity contribution in [1.29, 1.82) is 0 Å². The van der Waals surface area contributed by atoms with Gasteiger partial charge in [-0.3, -0.25) is 9.82 Å². The maximum absolute atomic E-state index is 13.2. The summed E-state index contributed by atoms with van der Waals surface area (Å²) in [4.78, 5) is 17.9. The molecule has 1 aliphatic heterocycles. The zero-order chi connectivity index (χ0) is 21.3. The van der Waals surface area contributed by atoms with Gasteiger partial charge in [-0.2, -0.15) is 9.79 Å². The summed E-state index contributed by atoms with van der Waals surface area (Å²) in [7, 11) is -3.60. The van der Waals surface area contributed by atoms with Crippen molar-refractivity contribution in [3.05, 3.63) is 66.6 Å². The number of nitrogens with one attached hydrogen (secondary N) is 2. The number of aromatic nitrogens is 3. The molecule has 1 fully saturated rings. The molecule has 1 saturated heterocycles. The van der Waals surface area contributed by atoms with Crippen LogP contribution in [0.1, 0.15) is 18.7 Å². The van der Waals surface area contributed by atoms with E-state index in [-0.39, 0.29) is 10.9 Å². The Morgan fingerprint density at radius 2 is 1.87 bits per heavy atom. The molecular formula is C22H23N5O3S. The summed E-state index contributed by atoms with van der Waals surface area (Å²) in [6.45, 7) is 1.17. The third-order valence-corrected chi connectivity index (χ3v) is 7.49. The molecule has 1 aliphatic rings. The Balaban J connectivity index is 1.19. The van der Waals surface area contributed by atoms with Crippen LogP contribution in [0.5, 0.6) is 0 Å². The number of fused-ring (bicyclic) bond motifs is 2. The zero-order valence-corrected chi connectivity index (χ0v) is 17.7. The molecule has 0 atom stereocenters. The van der Waals surface area contributed by atoms with Crippen molar-refractivity contribution in [3.63, 3.8) is 0 Å². The van der Waals surface area contributed by atoms with Crippen LogP contribution < -0.4 is 5.48 Å². The van der Waals surface area contributed by atoms with Crippen LogP contribution >= 0.6 is 0 Å². The molecule has 9 heteroatoms. The predicted octanol–water partition coefficient (Wildman–Crippen LogP) is 2.99. The standard InChI is InChI=1S/C22H23N5O3S/c28-31(29,20-9-3-5-16-6-4-12-23-22(16)20)27-13-10-17(11-14-27)26-30-15-21-24-18-7-1-2-8-19(18)25-21/h1-9,12,17,26H,10-11,13-15H2,(H,24,25). The summed E-state index contributed by atoms with van der Waals surface area (Å²) in [6.07, 6.45) is 2.95. The maximum Gasteiger partial charge on any atom is 0.245 e. The number of hydroxylamine groups is 1. The Hall–Kier alpha value is -2.85. The van der Waals surface area contributed by atoms with E-state index in [4.69, 9.17) is 4.84 Å². The van der Waals surface area contributed by atoms with Gasteiger partial charge in [0, 0.05) is 30.7 Å². The number of sulfonamides is 1. The molecule has 4 aromatic rings. The minimum atomic E-state index is -3.60. The molecule has 0 bridgehead atoms. The summed E-state index contributed by atoms with van der Waals surface area (Å²) < 4.78 is 28.0. The summed E-state index contributed by atoms with van der Waals surface area (Å²) in [5.41, 5.74) is 5.46. The smallest absolute Gasteiger partial charge is 0.245 e. The maximum atomic E-state index is 13.2. The van der Waals surface area contributed by atoms with Crippen molar-refractivity contribution in [3.8, 4) is 0 Å². The monoisotopic (exact) mass is 437 g/mol. The molecule has 2 aromatic heterocycles. The molecule has 160 valence electrons. The first-order valence-corrected chi connectivity index (χ1v) is 11.7. The van der Waals surface area contributed by atoms with E-state index >= 15 is 0 Å².